The van der Waals surface area contributed by atoms with Crippen LogP contribution in [0, 0.1) is 11.3 Å². The first kappa shape index (κ1) is 11.1. The molecule has 0 unspecified atom stereocenters. The van der Waals surface area contributed by atoms with Crippen LogP contribution in [-0.4, -0.2) is 36.9 Å². The predicted molar refractivity (Wildman–Crippen MR) is 53.3 cm³/mol. The molecule has 2 fully saturated rings. The Bertz CT molecular complexity index is 351. The summed E-state index contributed by atoms with van der Waals surface area (Å²) in [5, 5.41) is 9.74. The van der Waals surface area contributed by atoms with E-state index in [9.17, 15) is 14.7 Å². The van der Waals surface area contributed by atoms with Gasteiger partial charge in [-0.05, 0) is 24.3 Å². The lowest BCUT2D eigenvalue weighted by Gasteiger charge is -2.34. The predicted octanol–water partition coefficient (Wildman–Crippen LogP) is 0.0297. The first-order chi connectivity index (χ1) is 7.55. The van der Waals surface area contributed by atoms with Crippen LogP contribution in [0.1, 0.15) is 12.8 Å². The van der Waals surface area contributed by atoms with E-state index in [1.165, 1.54) is 7.11 Å². The molecule has 1 saturated carbocycles. The Hall–Kier alpha value is -1.36. The highest BCUT2D eigenvalue weighted by molar-refractivity contribution is 6.05. The van der Waals surface area contributed by atoms with E-state index in [0.29, 0.717) is 12.8 Å². The van der Waals surface area contributed by atoms with E-state index in [2.05, 4.69) is 11.3 Å². The largest absolute Gasteiger partial charge is 0.468 e. The number of rotatable bonds is 1. The van der Waals surface area contributed by atoms with E-state index in [0.717, 1.165) is 0 Å². The molecule has 5 heteroatoms. The van der Waals surface area contributed by atoms with Crippen molar-refractivity contribution >= 4 is 11.9 Å². The van der Waals surface area contributed by atoms with Gasteiger partial charge in [0.15, 0.2) is 5.41 Å². The van der Waals surface area contributed by atoms with E-state index in [-0.39, 0.29) is 18.1 Å². The summed E-state index contributed by atoms with van der Waals surface area (Å²) in [5.74, 6) is -1.58. The van der Waals surface area contributed by atoms with Crippen LogP contribution in [0.15, 0.2) is 12.2 Å². The molecule has 1 aliphatic heterocycles. The van der Waals surface area contributed by atoms with Crippen molar-refractivity contribution in [1.29, 1.82) is 0 Å². The van der Waals surface area contributed by atoms with Gasteiger partial charge in [-0.3, -0.25) is 9.59 Å². The van der Waals surface area contributed by atoms with Gasteiger partial charge in [0.1, 0.15) is 0 Å². The Morgan fingerprint density at radius 1 is 1.69 bits per heavy atom. The van der Waals surface area contributed by atoms with E-state index in [4.69, 9.17) is 4.74 Å². The molecule has 0 aromatic carbocycles. The first-order valence-electron chi connectivity index (χ1n) is 5.18. The third kappa shape index (κ3) is 1.15. The van der Waals surface area contributed by atoms with Crippen LogP contribution in [0.4, 0.5) is 0 Å². The molecule has 0 bridgehead atoms. The molecule has 1 heterocycles. The molecule has 16 heavy (non-hydrogen) atoms. The molecule has 3 atom stereocenters. The van der Waals surface area contributed by atoms with Gasteiger partial charge in [0.2, 0.25) is 0 Å². The third-order valence-electron chi connectivity index (χ3n) is 3.56. The summed E-state index contributed by atoms with van der Waals surface area (Å²) in [6.45, 7) is 3.94. The summed E-state index contributed by atoms with van der Waals surface area (Å²) in [6.07, 6.45) is 0.0784. The average molecular weight is 226 g/mol. The minimum absolute atomic E-state index is 0.203. The van der Waals surface area contributed by atoms with E-state index in [1.807, 2.05) is 0 Å². The van der Waals surface area contributed by atoms with Crippen molar-refractivity contribution < 1.29 is 24.2 Å². The molecule has 0 aromatic heterocycles. The molecule has 0 spiro atoms. The van der Waals surface area contributed by atoms with Crippen molar-refractivity contribution in [3.05, 3.63) is 12.2 Å². The number of ether oxygens (including phenoxy) is 2. The van der Waals surface area contributed by atoms with Crippen molar-refractivity contribution in [3.63, 3.8) is 0 Å². The molecule has 0 radical (unpaired) electrons. The smallest absolute Gasteiger partial charge is 0.328 e. The third-order valence-corrected chi connectivity index (χ3v) is 3.56. The highest BCUT2D eigenvalue weighted by Crippen LogP contribution is 2.52. The van der Waals surface area contributed by atoms with Crippen LogP contribution >= 0.6 is 0 Å². The topological polar surface area (TPSA) is 72.8 Å². The lowest BCUT2D eigenvalue weighted by Crippen LogP contribution is -2.49. The van der Waals surface area contributed by atoms with Crippen LogP contribution < -0.4 is 0 Å². The minimum atomic E-state index is -1.48. The maximum atomic E-state index is 11.9. The quantitative estimate of drug-likeness (QED) is 0.388. The van der Waals surface area contributed by atoms with Crippen molar-refractivity contribution in [2.75, 3.05) is 13.7 Å². The second-order valence-electron chi connectivity index (χ2n) is 4.20. The number of hydrogen-bond acceptors (Lipinski definition) is 5. The fourth-order valence-corrected chi connectivity index (χ4v) is 2.70. The Balaban J connectivity index is 2.50. The highest BCUT2D eigenvalue weighted by Gasteiger charge is 2.64. The lowest BCUT2D eigenvalue weighted by atomic mass is 9.73. The molecule has 1 saturated heterocycles. The maximum absolute atomic E-state index is 11.9. The molecular weight excluding hydrogens is 212 g/mol. The van der Waals surface area contributed by atoms with Crippen LogP contribution in [0.2, 0.25) is 0 Å². The van der Waals surface area contributed by atoms with Crippen molar-refractivity contribution in [2.45, 2.75) is 18.9 Å². The fraction of sp³-hybridized carbons (Fsp3) is 0.636. The highest BCUT2D eigenvalue weighted by atomic mass is 16.6. The number of aliphatic hydroxyl groups is 1. The van der Waals surface area contributed by atoms with E-state index in [1.54, 1.807) is 0 Å². The van der Waals surface area contributed by atoms with E-state index >= 15 is 0 Å². The van der Waals surface area contributed by atoms with Gasteiger partial charge in [-0.1, -0.05) is 6.58 Å². The zero-order chi connectivity index (χ0) is 11.9. The number of carbonyl (C=O) groups excluding carboxylic acids is 2. The zero-order valence-electron chi connectivity index (χ0n) is 9.06. The molecule has 2 rings (SSSR count). The van der Waals surface area contributed by atoms with Crippen molar-refractivity contribution in [3.8, 4) is 0 Å². The summed E-state index contributed by atoms with van der Waals surface area (Å²) in [7, 11) is 1.22. The Kier molecular flexibility index (Phi) is 2.50. The maximum Gasteiger partial charge on any atom is 0.328 e. The molecule has 5 nitrogen and oxygen atoms in total. The summed E-state index contributed by atoms with van der Waals surface area (Å²) in [5.41, 5.74) is -1.28. The summed E-state index contributed by atoms with van der Waals surface area (Å²) in [4.78, 5) is 23.7. The molecule has 1 aliphatic carbocycles. The molecule has 0 aromatic rings. The number of fused-ring (bicyclic) bond motifs is 1. The number of methoxy groups -OCH3 is 1. The Labute approximate surface area is 93.0 Å². The molecule has 88 valence electrons. The normalized spacial score (nSPS) is 37.9. The van der Waals surface area contributed by atoms with Gasteiger partial charge in [0.25, 0.3) is 0 Å². The van der Waals surface area contributed by atoms with Crippen LogP contribution in [-0.2, 0) is 19.1 Å². The molecule has 0 amide bonds. The fourth-order valence-electron chi connectivity index (χ4n) is 2.70. The van der Waals surface area contributed by atoms with Gasteiger partial charge >= 0.3 is 11.9 Å². The van der Waals surface area contributed by atoms with Gasteiger partial charge in [0.05, 0.1) is 19.8 Å². The number of cyclic esters (lactones) is 1. The summed E-state index contributed by atoms with van der Waals surface area (Å²) < 4.78 is 9.60. The van der Waals surface area contributed by atoms with Gasteiger partial charge in [0, 0.05) is 0 Å². The van der Waals surface area contributed by atoms with Gasteiger partial charge in [-0.25, -0.2) is 0 Å². The van der Waals surface area contributed by atoms with Crippen LogP contribution in [0.5, 0.6) is 0 Å². The van der Waals surface area contributed by atoms with Crippen molar-refractivity contribution in [1.82, 2.24) is 0 Å². The molecular formula is C11H14O5. The van der Waals surface area contributed by atoms with Gasteiger partial charge in [-0.2, -0.15) is 0 Å². The van der Waals surface area contributed by atoms with E-state index < -0.39 is 23.5 Å². The lowest BCUT2D eigenvalue weighted by molar-refractivity contribution is -0.176. The zero-order valence-corrected chi connectivity index (χ0v) is 9.06. The molecule has 2 aliphatic rings. The summed E-state index contributed by atoms with van der Waals surface area (Å²) in [6, 6.07) is 0. The standard InChI is InChI=1S/C11H14O5/c1-6-8(12)5-7-3-4-16-10(14)11(6,7)9(13)15-2/h7-8,12H,1,3-5H2,2H3/t7-,8+,11+/m0/s1. The number of carbonyl (C=O) groups is 2. The van der Waals surface area contributed by atoms with Crippen LogP contribution in [0.3, 0.4) is 0 Å². The average Bonchev–Trinajstić information content (AvgIpc) is 2.53. The van der Waals surface area contributed by atoms with Crippen molar-refractivity contribution in [2.24, 2.45) is 11.3 Å². The summed E-state index contributed by atoms with van der Waals surface area (Å²) >= 11 is 0. The van der Waals surface area contributed by atoms with Crippen LogP contribution in [0.25, 0.3) is 0 Å². The first-order valence-corrected chi connectivity index (χ1v) is 5.18. The monoisotopic (exact) mass is 226 g/mol. The Morgan fingerprint density at radius 3 is 3.00 bits per heavy atom. The number of esters is 2. The second-order valence-corrected chi connectivity index (χ2v) is 4.20. The number of hydrogen-bond donors (Lipinski definition) is 1. The SMILES string of the molecule is C=C1[C@H](O)C[C@@H]2CCOC(=O)[C@]12C(=O)OC. The Morgan fingerprint density at radius 2 is 2.38 bits per heavy atom. The second kappa shape index (κ2) is 3.59. The van der Waals surface area contributed by atoms with Gasteiger partial charge < -0.3 is 14.6 Å². The number of aliphatic hydroxyl groups excluding tert-OH is 1. The molecule has 1 N–H and O–H groups in total. The van der Waals surface area contributed by atoms with Gasteiger partial charge in [-0.15, -0.1) is 0 Å². The minimum Gasteiger partial charge on any atom is -0.468 e.